The van der Waals surface area contributed by atoms with E-state index in [4.69, 9.17) is 4.74 Å². The highest BCUT2D eigenvalue weighted by Gasteiger charge is 2.35. The monoisotopic (exact) mass is 436 g/mol. The Morgan fingerprint density at radius 3 is 2.66 bits per heavy atom. The zero-order valence-electron chi connectivity index (χ0n) is 18.3. The van der Waals surface area contributed by atoms with Crippen LogP contribution < -0.4 is 0 Å². The second-order valence-corrected chi connectivity index (χ2v) is 7.81. The third-order valence-corrected chi connectivity index (χ3v) is 5.92. The van der Waals surface area contributed by atoms with E-state index in [0.717, 1.165) is 34.3 Å². The number of rotatable bonds is 6. The van der Waals surface area contributed by atoms with Gasteiger partial charge in [-0.1, -0.05) is 31.7 Å². The smallest absolute Gasteiger partial charge is 0.330 e. The van der Waals surface area contributed by atoms with E-state index in [1.165, 1.54) is 24.3 Å². The second-order valence-electron chi connectivity index (χ2n) is 7.81. The number of nitrogens with one attached hydrogen (secondary N) is 1. The van der Waals surface area contributed by atoms with E-state index in [-0.39, 0.29) is 17.7 Å². The Kier molecular flexibility index (Phi) is 6.12. The molecule has 0 amide bonds. The van der Waals surface area contributed by atoms with Crippen molar-refractivity contribution in [2.75, 3.05) is 13.2 Å². The van der Waals surface area contributed by atoms with E-state index in [1.54, 1.807) is 6.92 Å². The van der Waals surface area contributed by atoms with Gasteiger partial charge in [-0.2, -0.15) is 0 Å². The lowest BCUT2D eigenvalue weighted by atomic mass is 9.90. The first-order chi connectivity index (χ1) is 15.4. The number of hydrogen-bond acceptors (Lipinski definition) is 3. The number of carbonyl (C=O) groups excluding carboxylic acids is 1. The van der Waals surface area contributed by atoms with Crippen LogP contribution in [0.2, 0.25) is 0 Å². The van der Waals surface area contributed by atoms with Crippen molar-refractivity contribution in [3.05, 3.63) is 88.8 Å². The lowest BCUT2D eigenvalue weighted by molar-refractivity contribution is -0.137. The molecule has 2 heterocycles. The Morgan fingerprint density at radius 1 is 1.25 bits per heavy atom. The highest BCUT2D eigenvalue weighted by Crippen LogP contribution is 2.42. The van der Waals surface area contributed by atoms with Gasteiger partial charge in [0.1, 0.15) is 17.7 Å². The van der Waals surface area contributed by atoms with Gasteiger partial charge in [-0.15, -0.1) is 0 Å². The number of H-pyrrole nitrogens is 1. The predicted molar refractivity (Wildman–Crippen MR) is 122 cm³/mol. The van der Waals surface area contributed by atoms with Crippen LogP contribution in [0.15, 0.2) is 54.8 Å². The molecule has 1 atom stereocenters. The number of para-hydroxylation sites is 1. The number of aromatic nitrogens is 1. The molecule has 0 saturated carbocycles. The third kappa shape index (κ3) is 3.93. The van der Waals surface area contributed by atoms with Gasteiger partial charge in [0, 0.05) is 34.9 Å². The second kappa shape index (κ2) is 8.99. The highest BCUT2D eigenvalue weighted by atomic mass is 19.1. The number of hydrogen-bond donors (Lipinski definition) is 1. The average molecular weight is 437 g/mol. The van der Waals surface area contributed by atoms with Crippen molar-refractivity contribution in [3.8, 4) is 0 Å². The fourth-order valence-electron chi connectivity index (χ4n) is 4.40. The molecule has 0 saturated heterocycles. The summed E-state index contributed by atoms with van der Waals surface area (Å²) in [6.45, 7) is 8.68. The lowest BCUT2D eigenvalue weighted by Gasteiger charge is -2.39. The molecule has 1 N–H and O–H groups in total. The van der Waals surface area contributed by atoms with Crippen LogP contribution in [-0.4, -0.2) is 29.0 Å². The largest absolute Gasteiger partial charge is 0.463 e. The third-order valence-electron chi connectivity index (χ3n) is 5.92. The van der Waals surface area contributed by atoms with Crippen molar-refractivity contribution >= 4 is 22.9 Å². The summed E-state index contributed by atoms with van der Waals surface area (Å²) >= 11 is 0. The van der Waals surface area contributed by atoms with E-state index >= 15 is 8.78 Å². The normalized spacial score (nSPS) is 15.9. The molecule has 0 spiro atoms. The molecule has 1 aromatic heterocycles. The summed E-state index contributed by atoms with van der Waals surface area (Å²) in [7, 11) is 0. The summed E-state index contributed by atoms with van der Waals surface area (Å²) < 4.78 is 35.6. The van der Waals surface area contributed by atoms with Crippen LogP contribution in [0.5, 0.6) is 0 Å². The predicted octanol–water partition coefficient (Wildman–Crippen LogP) is 5.89. The molecule has 1 aliphatic rings. The number of allylic oxidation sites excluding steroid dienone is 1. The minimum absolute atomic E-state index is 0.0274. The molecule has 166 valence electrons. The van der Waals surface area contributed by atoms with E-state index in [9.17, 15) is 4.79 Å². The summed E-state index contributed by atoms with van der Waals surface area (Å²) in [5.41, 5.74) is 3.87. The van der Waals surface area contributed by atoms with Crippen LogP contribution in [0, 0.1) is 11.6 Å². The van der Waals surface area contributed by atoms with E-state index in [0.29, 0.717) is 13.0 Å². The van der Waals surface area contributed by atoms with Crippen LogP contribution in [0.4, 0.5) is 8.78 Å². The number of fused-ring (bicyclic) bond motifs is 3. The molecular formula is C26H26F2N2O2. The standard InChI is InChI=1S/C26H26F2N2O2/c1-4-16(3)30-13-12-19-18-8-6-7-9-22(18)29-25(19)26(30)24-20(27)14-17(15-21(24)28)10-11-23(31)32-5-2/h6-11,14-15,26,29H,3-5,12-13H2,1-2H3/b11-10+/t26-/m1/s1. The molecule has 1 aliphatic heterocycles. The molecule has 0 fully saturated rings. The number of benzene rings is 2. The van der Waals surface area contributed by atoms with Gasteiger partial charge < -0.3 is 14.6 Å². The SMILES string of the molecule is C=C(CC)N1CCc2c([nH]c3ccccc23)[C@H]1c1c(F)cc(/C=C/C(=O)OCC)cc1F. The number of nitrogens with zero attached hydrogens (tertiary/aromatic N) is 1. The Morgan fingerprint density at radius 2 is 1.97 bits per heavy atom. The number of ether oxygens (including phenoxy) is 1. The van der Waals surface area contributed by atoms with Crippen molar-refractivity contribution in [3.63, 3.8) is 0 Å². The molecule has 4 nitrogen and oxygen atoms in total. The summed E-state index contributed by atoms with van der Waals surface area (Å²) in [5.74, 6) is -1.89. The van der Waals surface area contributed by atoms with Gasteiger partial charge in [-0.3, -0.25) is 0 Å². The van der Waals surface area contributed by atoms with Crippen LogP contribution >= 0.6 is 0 Å². The van der Waals surface area contributed by atoms with Crippen molar-refractivity contribution in [2.45, 2.75) is 32.7 Å². The number of aromatic amines is 1. The average Bonchev–Trinajstić information content (AvgIpc) is 3.16. The molecule has 32 heavy (non-hydrogen) atoms. The van der Waals surface area contributed by atoms with Gasteiger partial charge in [0.15, 0.2) is 0 Å². The maximum atomic E-state index is 15.4. The number of esters is 1. The zero-order chi connectivity index (χ0) is 22.8. The Labute approximate surface area is 186 Å². The number of carbonyl (C=O) groups is 1. The molecule has 2 aromatic carbocycles. The van der Waals surface area contributed by atoms with Gasteiger partial charge in [-0.25, -0.2) is 13.6 Å². The van der Waals surface area contributed by atoms with Gasteiger partial charge in [0.25, 0.3) is 0 Å². The Hall–Kier alpha value is -3.41. The zero-order valence-corrected chi connectivity index (χ0v) is 18.3. The molecular weight excluding hydrogens is 410 g/mol. The maximum absolute atomic E-state index is 15.4. The molecule has 0 aliphatic carbocycles. The van der Waals surface area contributed by atoms with Gasteiger partial charge in [0.2, 0.25) is 0 Å². The molecule has 0 radical (unpaired) electrons. The minimum Gasteiger partial charge on any atom is -0.463 e. The number of halogens is 2. The topological polar surface area (TPSA) is 45.3 Å². The van der Waals surface area contributed by atoms with Gasteiger partial charge in [-0.05, 0) is 55.2 Å². The van der Waals surface area contributed by atoms with Crippen LogP contribution in [0.1, 0.15) is 48.7 Å². The molecule has 6 heteroatoms. The molecule has 0 bridgehead atoms. The van der Waals surface area contributed by atoms with Crippen molar-refractivity contribution < 1.29 is 18.3 Å². The summed E-state index contributed by atoms with van der Waals surface area (Å²) in [6.07, 6.45) is 3.96. The molecule has 4 rings (SSSR count). The molecule has 0 unspecified atom stereocenters. The minimum atomic E-state index is -0.668. The first-order valence-corrected chi connectivity index (χ1v) is 10.8. The maximum Gasteiger partial charge on any atom is 0.330 e. The lowest BCUT2D eigenvalue weighted by Crippen LogP contribution is -2.36. The van der Waals surface area contributed by atoms with Crippen LogP contribution in [0.25, 0.3) is 17.0 Å². The summed E-state index contributed by atoms with van der Waals surface area (Å²) in [6, 6.07) is 9.75. The molecule has 3 aromatic rings. The van der Waals surface area contributed by atoms with Crippen molar-refractivity contribution in [1.82, 2.24) is 9.88 Å². The summed E-state index contributed by atoms with van der Waals surface area (Å²) in [4.78, 5) is 16.9. The first kappa shape index (κ1) is 21.8. The quantitative estimate of drug-likeness (QED) is 0.387. The van der Waals surface area contributed by atoms with Gasteiger partial charge >= 0.3 is 5.97 Å². The Bertz CT molecular complexity index is 1190. The van der Waals surface area contributed by atoms with Gasteiger partial charge in [0.05, 0.1) is 12.2 Å². The van der Waals surface area contributed by atoms with E-state index in [2.05, 4.69) is 11.6 Å². The van der Waals surface area contributed by atoms with Crippen molar-refractivity contribution in [2.24, 2.45) is 0 Å². The van der Waals surface area contributed by atoms with Crippen LogP contribution in [-0.2, 0) is 16.0 Å². The fourth-order valence-corrected chi connectivity index (χ4v) is 4.40. The Balaban J connectivity index is 1.82. The summed E-state index contributed by atoms with van der Waals surface area (Å²) in [5, 5.41) is 1.07. The van der Waals surface area contributed by atoms with Crippen molar-refractivity contribution in [1.29, 1.82) is 0 Å². The van der Waals surface area contributed by atoms with E-state index in [1.807, 2.05) is 36.1 Å². The fraction of sp³-hybridized carbons (Fsp3) is 0.269. The van der Waals surface area contributed by atoms with E-state index < -0.39 is 23.6 Å². The first-order valence-electron chi connectivity index (χ1n) is 10.8. The highest BCUT2D eigenvalue weighted by molar-refractivity contribution is 5.87. The van der Waals surface area contributed by atoms with Crippen LogP contribution in [0.3, 0.4) is 0 Å².